The van der Waals surface area contributed by atoms with Crippen molar-refractivity contribution in [1.82, 2.24) is 10.2 Å². The number of esters is 1. The van der Waals surface area contributed by atoms with Crippen molar-refractivity contribution < 1.29 is 23.9 Å². The number of carbonyl (C=O) groups excluding carboxylic acids is 3. The number of nitrogens with zero attached hydrogens (tertiary/aromatic N) is 1. The van der Waals surface area contributed by atoms with E-state index in [-0.39, 0.29) is 24.1 Å². The van der Waals surface area contributed by atoms with E-state index < -0.39 is 0 Å². The third-order valence-electron chi connectivity index (χ3n) is 4.08. The first kappa shape index (κ1) is 19.5. The molecule has 0 spiro atoms. The average Bonchev–Trinajstić information content (AvgIpc) is 2.67. The van der Waals surface area contributed by atoms with Gasteiger partial charge in [0.05, 0.1) is 12.2 Å². The second-order valence-corrected chi connectivity index (χ2v) is 5.91. The fourth-order valence-corrected chi connectivity index (χ4v) is 2.61. The Morgan fingerprint density at radius 2 is 1.88 bits per heavy atom. The Kier molecular flexibility index (Phi) is 7.20. The topological polar surface area (TPSA) is 84.9 Å². The van der Waals surface area contributed by atoms with Crippen LogP contribution in [0, 0.1) is 0 Å². The lowest BCUT2D eigenvalue weighted by Gasteiger charge is -2.30. The van der Waals surface area contributed by atoms with Gasteiger partial charge in [0.1, 0.15) is 6.10 Å². The fraction of sp³-hybridized carbons (Fsp3) is 0.421. The number of amides is 2. The van der Waals surface area contributed by atoms with E-state index in [0.717, 1.165) is 5.56 Å². The monoisotopic (exact) mass is 360 g/mol. The molecule has 1 saturated heterocycles. The van der Waals surface area contributed by atoms with Gasteiger partial charge in [0.15, 0.2) is 0 Å². The van der Waals surface area contributed by atoms with Crippen LogP contribution in [0.5, 0.6) is 0 Å². The number of rotatable bonds is 6. The molecule has 0 radical (unpaired) electrons. The van der Waals surface area contributed by atoms with Crippen LogP contribution in [0.4, 0.5) is 4.79 Å². The Hall–Kier alpha value is -2.83. The van der Waals surface area contributed by atoms with E-state index in [0.29, 0.717) is 44.6 Å². The van der Waals surface area contributed by atoms with Crippen LogP contribution in [-0.4, -0.2) is 48.7 Å². The lowest BCUT2D eigenvalue weighted by atomic mass is 10.1. The van der Waals surface area contributed by atoms with E-state index in [9.17, 15) is 14.4 Å². The van der Waals surface area contributed by atoms with Crippen molar-refractivity contribution in [2.45, 2.75) is 32.4 Å². The molecule has 140 valence electrons. The second-order valence-electron chi connectivity index (χ2n) is 5.91. The minimum absolute atomic E-state index is 0.209. The Morgan fingerprint density at radius 3 is 2.46 bits per heavy atom. The lowest BCUT2D eigenvalue weighted by molar-refractivity contribution is -0.116. The van der Waals surface area contributed by atoms with Crippen LogP contribution < -0.4 is 5.32 Å². The standard InChI is InChI=1S/C19H24N2O5/c1-3-17(22)20-13-14-5-7-15(8-6-14)18(23)26-16-9-11-21(12-10-16)19(24)25-4-2/h3,5-8,16H,1,4,9-13H2,2H3,(H,20,22). The molecule has 7 heteroatoms. The molecule has 2 rings (SSSR count). The molecule has 7 nitrogen and oxygen atoms in total. The minimum Gasteiger partial charge on any atom is -0.459 e. The number of likely N-dealkylation sites (tertiary alicyclic amines) is 1. The summed E-state index contributed by atoms with van der Waals surface area (Å²) in [6.45, 7) is 6.90. The number of ether oxygens (including phenoxy) is 2. The number of hydrogen-bond donors (Lipinski definition) is 1. The zero-order valence-electron chi connectivity index (χ0n) is 14.9. The first-order chi connectivity index (χ1) is 12.5. The molecule has 0 unspecified atom stereocenters. The molecule has 26 heavy (non-hydrogen) atoms. The predicted molar refractivity (Wildman–Crippen MR) is 95.5 cm³/mol. The van der Waals surface area contributed by atoms with Gasteiger partial charge >= 0.3 is 12.1 Å². The lowest BCUT2D eigenvalue weighted by Crippen LogP contribution is -2.41. The molecule has 1 heterocycles. The molecule has 1 aromatic carbocycles. The van der Waals surface area contributed by atoms with E-state index in [2.05, 4.69) is 11.9 Å². The van der Waals surface area contributed by atoms with Crippen molar-refractivity contribution in [1.29, 1.82) is 0 Å². The van der Waals surface area contributed by atoms with E-state index in [1.165, 1.54) is 6.08 Å². The van der Waals surface area contributed by atoms with Gasteiger partial charge in [-0.15, -0.1) is 0 Å². The van der Waals surface area contributed by atoms with Crippen molar-refractivity contribution in [3.05, 3.63) is 48.0 Å². The van der Waals surface area contributed by atoms with Crippen LogP contribution in [0.3, 0.4) is 0 Å². The van der Waals surface area contributed by atoms with Crippen molar-refractivity contribution in [2.75, 3.05) is 19.7 Å². The molecule has 0 aromatic heterocycles. The first-order valence-corrected chi connectivity index (χ1v) is 8.65. The molecular formula is C19H24N2O5. The maximum Gasteiger partial charge on any atom is 0.409 e. The van der Waals surface area contributed by atoms with E-state index in [1.54, 1.807) is 36.1 Å². The fourth-order valence-electron chi connectivity index (χ4n) is 2.61. The van der Waals surface area contributed by atoms with Gasteiger partial charge in [-0.1, -0.05) is 18.7 Å². The number of hydrogen-bond acceptors (Lipinski definition) is 5. The van der Waals surface area contributed by atoms with Gasteiger partial charge in [0.25, 0.3) is 0 Å². The van der Waals surface area contributed by atoms with Crippen LogP contribution in [0.25, 0.3) is 0 Å². The third-order valence-corrected chi connectivity index (χ3v) is 4.08. The molecule has 0 saturated carbocycles. The average molecular weight is 360 g/mol. The summed E-state index contributed by atoms with van der Waals surface area (Å²) in [5.74, 6) is -0.635. The molecule has 1 aromatic rings. The summed E-state index contributed by atoms with van der Waals surface area (Å²) in [5, 5.41) is 2.67. The summed E-state index contributed by atoms with van der Waals surface area (Å²) in [6, 6.07) is 6.88. The highest BCUT2D eigenvalue weighted by atomic mass is 16.6. The summed E-state index contributed by atoms with van der Waals surface area (Å²) >= 11 is 0. The highest BCUT2D eigenvalue weighted by Crippen LogP contribution is 2.17. The number of carbonyl (C=O) groups is 3. The molecule has 1 aliphatic heterocycles. The van der Waals surface area contributed by atoms with Gasteiger partial charge in [-0.25, -0.2) is 9.59 Å². The largest absolute Gasteiger partial charge is 0.459 e. The second kappa shape index (κ2) is 9.60. The minimum atomic E-state index is -0.388. The summed E-state index contributed by atoms with van der Waals surface area (Å²) < 4.78 is 10.5. The Bertz CT molecular complexity index is 648. The number of benzene rings is 1. The maximum absolute atomic E-state index is 12.2. The quantitative estimate of drug-likeness (QED) is 0.621. The summed E-state index contributed by atoms with van der Waals surface area (Å²) in [5.41, 5.74) is 1.33. The molecule has 0 aliphatic carbocycles. The van der Waals surface area contributed by atoms with Gasteiger partial charge in [-0.05, 0) is 30.7 Å². The third kappa shape index (κ3) is 5.61. The maximum atomic E-state index is 12.2. The van der Waals surface area contributed by atoms with Gasteiger partial charge in [0, 0.05) is 32.5 Å². The Morgan fingerprint density at radius 1 is 1.23 bits per heavy atom. The number of nitrogens with one attached hydrogen (secondary N) is 1. The van der Waals surface area contributed by atoms with Crippen LogP contribution in [0.1, 0.15) is 35.7 Å². The Balaban J connectivity index is 1.80. The zero-order valence-corrected chi connectivity index (χ0v) is 14.9. The summed E-state index contributed by atoms with van der Waals surface area (Å²) in [6.07, 6.45) is 1.86. The van der Waals surface area contributed by atoms with Gasteiger partial charge in [-0.2, -0.15) is 0 Å². The van der Waals surface area contributed by atoms with Gasteiger partial charge in [0.2, 0.25) is 5.91 Å². The normalized spacial score (nSPS) is 14.4. The highest BCUT2D eigenvalue weighted by Gasteiger charge is 2.26. The van der Waals surface area contributed by atoms with Gasteiger partial charge in [-0.3, -0.25) is 4.79 Å². The Labute approximate surface area is 153 Å². The molecule has 1 N–H and O–H groups in total. The van der Waals surface area contributed by atoms with Crippen LogP contribution >= 0.6 is 0 Å². The van der Waals surface area contributed by atoms with Crippen molar-refractivity contribution in [2.24, 2.45) is 0 Å². The SMILES string of the molecule is C=CC(=O)NCc1ccc(C(=O)OC2CCN(C(=O)OCC)CC2)cc1. The molecule has 1 aliphatic rings. The molecule has 1 fully saturated rings. The van der Waals surface area contributed by atoms with Gasteiger partial charge < -0.3 is 19.7 Å². The van der Waals surface area contributed by atoms with Crippen LogP contribution in [0.2, 0.25) is 0 Å². The summed E-state index contributed by atoms with van der Waals surface area (Å²) in [4.78, 5) is 36.7. The number of piperidine rings is 1. The molecule has 0 atom stereocenters. The van der Waals surface area contributed by atoms with Crippen molar-refractivity contribution in [3.63, 3.8) is 0 Å². The molecule has 2 amide bonds. The molecular weight excluding hydrogens is 336 g/mol. The smallest absolute Gasteiger partial charge is 0.409 e. The zero-order chi connectivity index (χ0) is 18.9. The van der Waals surface area contributed by atoms with Crippen molar-refractivity contribution in [3.8, 4) is 0 Å². The highest BCUT2D eigenvalue weighted by molar-refractivity contribution is 5.89. The first-order valence-electron chi connectivity index (χ1n) is 8.65. The van der Waals surface area contributed by atoms with E-state index in [4.69, 9.17) is 9.47 Å². The van der Waals surface area contributed by atoms with Crippen LogP contribution in [0.15, 0.2) is 36.9 Å². The van der Waals surface area contributed by atoms with Crippen molar-refractivity contribution >= 4 is 18.0 Å². The summed E-state index contributed by atoms with van der Waals surface area (Å²) in [7, 11) is 0. The van der Waals surface area contributed by atoms with E-state index >= 15 is 0 Å². The van der Waals surface area contributed by atoms with Crippen LogP contribution in [-0.2, 0) is 20.8 Å². The predicted octanol–water partition coefficient (Wildman–Crippen LogP) is 2.27. The van der Waals surface area contributed by atoms with E-state index in [1.807, 2.05) is 0 Å². The molecule has 0 bridgehead atoms.